The van der Waals surface area contributed by atoms with Gasteiger partial charge in [0.2, 0.25) is 0 Å². The van der Waals surface area contributed by atoms with Crippen LogP contribution in [0, 0.1) is 13.8 Å². The fourth-order valence-corrected chi connectivity index (χ4v) is 2.12. The average molecular weight is 278 g/mol. The minimum Gasteiger partial charge on any atom is -0.495 e. The summed E-state index contributed by atoms with van der Waals surface area (Å²) in [7, 11) is 3.54. The Morgan fingerprint density at radius 2 is 1.89 bits per heavy atom. The summed E-state index contributed by atoms with van der Waals surface area (Å²) in [6.45, 7) is 3.83. The Morgan fingerprint density at radius 3 is 2.47 bits per heavy atom. The normalized spacial score (nSPS) is 10.4. The third-order valence-electron chi connectivity index (χ3n) is 2.82. The molecule has 5 heteroatoms. The molecule has 100 valence electrons. The number of nitrogens with zero attached hydrogens (tertiary/aromatic N) is 3. The molecule has 4 nitrogen and oxygen atoms in total. The van der Waals surface area contributed by atoms with Gasteiger partial charge in [-0.3, -0.25) is 0 Å². The van der Waals surface area contributed by atoms with Crippen LogP contribution in [0.15, 0.2) is 24.3 Å². The summed E-state index contributed by atoms with van der Waals surface area (Å²) in [4.78, 5) is 10.7. The van der Waals surface area contributed by atoms with E-state index < -0.39 is 0 Å². The largest absolute Gasteiger partial charge is 0.495 e. The van der Waals surface area contributed by atoms with Gasteiger partial charge in [-0.25, -0.2) is 9.97 Å². The maximum atomic E-state index is 6.14. The Balaban J connectivity index is 2.38. The van der Waals surface area contributed by atoms with Crippen molar-refractivity contribution in [2.75, 3.05) is 19.1 Å². The minimum absolute atomic E-state index is 0.578. The van der Waals surface area contributed by atoms with Crippen LogP contribution >= 0.6 is 11.6 Å². The highest BCUT2D eigenvalue weighted by atomic mass is 35.5. The van der Waals surface area contributed by atoms with E-state index in [2.05, 4.69) is 9.97 Å². The van der Waals surface area contributed by atoms with Crippen molar-refractivity contribution in [1.29, 1.82) is 0 Å². The van der Waals surface area contributed by atoms with Crippen molar-refractivity contribution in [3.63, 3.8) is 0 Å². The summed E-state index contributed by atoms with van der Waals surface area (Å²) in [5.41, 5.74) is 1.89. The molecule has 0 aliphatic carbocycles. The van der Waals surface area contributed by atoms with Gasteiger partial charge in [0.1, 0.15) is 17.4 Å². The molecule has 0 fully saturated rings. The van der Waals surface area contributed by atoms with E-state index in [-0.39, 0.29) is 0 Å². The van der Waals surface area contributed by atoms with Crippen LogP contribution in [0.1, 0.15) is 11.5 Å². The van der Waals surface area contributed by atoms with E-state index in [0.29, 0.717) is 10.8 Å². The van der Waals surface area contributed by atoms with E-state index >= 15 is 0 Å². The lowest BCUT2D eigenvalue weighted by molar-refractivity contribution is 0.415. The summed E-state index contributed by atoms with van der Waals surface area (Å²) in [5, 5.41) is 0.578. The first kappa shape index (κ1) is 13.6. The Morgan fingerprint density at radius 1 is 1.16 bits per heavy atom. The van der Waals surface area contributed by atoms with Crippen molar-refractivity contribution in [3.8, 4) is 5.75 Å². The zero-order chi connectivity index (χ0) is 14.0. The molecule has 1 aromatic heterocycles. The van der Waals surface area contributed by atoms with Crippen molar-refractivity contribution in [3.05, 3.63) is 40.8 Å². The standard InChI is InChI=1S/C14H16ClN3O/c1-9-7-14(17-10(2)16-9)18(3)11-5-6-13(19-4)12(15)8-11/h5-8H,1-4H3. The zero-order valence-corrected chi connectivity index (χ0v) is 12.2. The van der Waals surface area contributed by atoms with Crippen LogP contribution in [-0.4, -0.2) is 24.1 Å². The zero-order valence-electron chi connectivity index (χ0n) is 11.4. The molecule has 0 bridgehead atoms. The molecule has 0 amide bonds. The molecule has 0 N–H and O–H groups in total. The van der Waals surface area contributed by atoms with E-state index in [1.165, 1.54) is 0 Å². The Bertz CT molecular complexity index is 581. The Kier molecular flexibility index (Phi) is 3.90. The van der Waals surface area contributed by atoms with Gasteiger partial charge in [0.25, 0.3) is 0 Å². The summed E-state index contributed by atoms with van der Waals surface area (Å²) >= 11 is 6.14. The molecule has 0 aliphatic rings. The number of rotatable bonds is 3. The molecular formula is C14H16ClN3O. The summed E-state index contributed by atoms with van der Waals surface area (Å²) in [6, 6.07) is 7.57. The number of ether oxygens (including phenoxy) is 1. The summed E-state index contributed by atoms with van der Waals surface area (Å²) < 4.78 is 5.15. The van der Waals surface area contributed by atoms with E-state index in [0.717, 1.165) is 23.0 Å². The molecular weight excluding hydrogens is 262 g/mol. The number of hydrogen-bond acceptors (Lipinski definition) is 4. The second-order valence-electron chi connectivity index (χ2n) is 4.29. The lowest BCUT2D eigenvalue weighted by Gasteiger charge is -2.19. The lowest BCUT2D eigenvalue weighted by atomic mass is 10.2. The van der Waals surface area contributed by atoms with Crippen LogP contribution < -0.4 is 9.64 Å². The monoisotopic (exact) mass is 277 g/mol. The molecule has 0 saturated heterocycles. The SMILES string of the molecule is COc1ccc(N(C)c2cc(C)nc(C)n2)cc1Cl. The second kappa shape index (κ2) is 5.45. The topological polar surface area (TPSA) is 38.2 Å². The van der Waals surface area contributed by atoms with Gasteiger partial charge in [0.15, 0.2) is 0 Å². The third-order valence-corrected chi connectivity index (χ3v) is 3.11. The van der Waals surface area contributed by atoms with Gasteiger partial charge in [-0.1, -0.05) is 11.6 Å². The van der Waals surface area contributed by atoms with Crippen LogP contribution in [0.5, 0.6) is 5.75 Å². The number of halogens is 1. The van der Waals surface area contributed by atoms with Crippen LogP contribution in [0.2, 0.25) is 5.02 Å². The fourth-order valence-electron chi connectivity index (χ4n) is 1.87. The molecule has 0 spiro atoms. The number of anilines is 2. The lowest BCUT2D eigenvalue weighted by Crippen LogP contribution is -2.12. The number of benzene rings is 1. The van der Waals surface area contributed by atoms with Crippen molar-refractivity contribution < 1.29 is 4.74 Å². The highest BCUT2D eigenvalue weighted by Gasteiger charge is 2.09. The first-order valence-electron chi connectivity index (χ1n) is 5.91. The minimum atomic E-state index is 0.578. The van der Waals surface area contributed by atoms with Crippen molar-refractivity contribution in [2.45, 2.75) is 13.8 Å². The van der Waals surface area contributed by atoms with Gasteiger partial charge < -0.3 is 9.64 Å². The summed E-state index contributed by atoms with van der Waals surface area (Å²) in [5.74, 6) is 2.25. The molecule has 2 rings (SSSR count). The second-order valence-corrected chi connectivity index (χ2v) is 4.70. The molecule has 1 aromatic carbocycles. The molecule has 0 atom stereocenters. The molecule has 1 heterocycles. The molecule has 0 aliphatic heterocycles. The van der Waals surface area contributed by atoms with Gasteiger partial charge in [-0.2, -0.15) is 0 Å². The molecule has 0 saturated carbocycles. The first-order chi connectivity index (χ1) is 9.01. The van der Waals surface area contributed by atoms with E-state index in [4.69, 9.17) is 16.3 Å². The predicted molar refractivity (Wildman–Crippen MR) is 77.6 cm³/mol. The van der Waals surface area contributed by atoms with Gasteiger partial charge in [-0.05, 0) is 32.0 Å². The number of aromatic nitrogens is 2. The molecule has 0 unspecified atom stereocenters. The maximum absolute atomic E-state index is 6.14. The van der Waals surface area contributed by atoms with Gasteiger partial charge in [0.05, 0.1) is 12.1 Å². The van der Waals surface area contributed by atoms with Crippen molar-refractivity contribution >= 4 is 23.1 Å². The average Bonchev–Trinajstić information content (AvgIpc) is 2.36. The van der Waals surface area contributed by atoms with Crippen molar-refractivity contribution in [2.24, 2.45) is 0 Å². The van der Waals surface area contributed by atoms with E-state index in [1.807, 2.05) is 50.1 Å². The van der Waals surface area contributed by atoms with E-state index in [1.54, 1.807) is 7.11 Å². The molecule has 0 radical (unpaired) electrons. The summed E-state index contributed by atoms with van der Waals surface area (Å²) in [6.07, 6.45) is 0. The Labute approximate surface area is 118 Å². The van der Waals surface area contributed by atoms with Crippen LogP contribution in [0.25, 0.3) is 0 Å². The highest BCUT2D eigenvalue weighted by molar-refractivity contribution is 6.32. The number of hydrogen-bond donors (Lipinski definition) is 0. The smallest absolute Gasteiger partial charge is 0.137 e. The number of methoxy groups -OCH3 is 1. The first-order valence-corrected chi connectivity index (χ1v) is 6.28. The Hall–Kier alpha value is -1.81. The highest BCUT2D eigenvalue weighted by Crippen LogP contribution is 2.31. The van der Waals surface area contributed by atoms with Crippen LogP contribution in [0.3, 0.4) is 0 Å². The van der Waals surface area contributed by atoms with Crippen molar-refractivity contribution in [1.82, 2.24) is 9.97 Å². The fraction of sp³-hybridized carbons (Fsp3) is 0.286. The van der Waals surface area contributed by atoms with Gasteiger partial charge in [-0.15, -0.1) is 0 Å². The predicted octanol–water partition coefficient (Wildman–Crippen LogP) is 3.52. The number of aryl methyl sites for hydroxylation is 2. The molecule has 19 heavy (non-hydrogen) atoms. The quantitative estimate of drug-likeness (QED) is 0.860. The third kappa shape index (κ3) is 2.96. The van der Waals surface area contributed by atoms with Gasteiger partial charge in [0, 0.05) is 24.5 Å². The van der Waals surface area contributed by atoms with Crippen LogP contribution in [0.4, 0.5) is 11.5 Å². The van der Waals surface area contributed by atoms with E-state index in [9.17, 15) is 0 Å². The molecule has 2 aromatic rings. The maximum Gasteiger partial charge on any atom is 0.137 e. The van der Waals surface area contributed by atoms with Gasteiger partial charge >= 0.3 is 0 Å². The van der Waals surface area contributed by atoms with Crippen LogP contribution in [-0.2, 0) is 0 Å².